The van der Waals surface area contributed by atoms with Crippen molar-refractivity contribution < 1.29 is 4.79 Å². The first kappa shape index (κ1) is 20.5. The maximum atomic E-state index is 13.3. The summed E-state index contributed by atoms with van der Waals surface area (Å²) in [6.45, 7) is 0.403. The average molecular weight is 454 g/mol. The quantitative estimate of drug-likeness (QED) is 0.344. The van der Waals surface area contributed by atoms with E-state index in [2.05, 4.69) is 9.97 Å². The Labute approximate surface area is 188 Å². The second kappa shape index (κ2) is 9.39. The molecule has 0 fully saturated rings. The Morgan fingerprint density at radius 1 is 0.933 bits per heavy atom. The standard InChI is InChI=1S/C23H17Cl2N3OS/c24-18-9-6-10-19(25)17(18)13-22-27-20(15-30-22)23(29)28(21-11-4-5-12-26-21)14-16-7-2-1-3-8-16/h1-12,15H,13-14H2. The molecule has 0 saturated heterocycles. The number of amides is 1. The van der Waals surface area contributed by atoms with Crippen molar-refractivity contribution in [3.63, 3.8) is 0 Å². The van der Waals surface area contributed by atoms with Crippen molar-refractivity contribution in [1.82, 2.24) is 9.97 Å². The Bertz CT molecular complexity index is 1130. The number of carbonyl (C=O) groups excluding carboxylic acids is 1. The second-order valence-corrected chi connectivity index (χ2v) is 8.33. The monoisotopic (exact) mass is 453 g/mol. The molecule has 4 nitrogen and oxygen atoms in total. The average Bonchev–Trinajstić information content (AvgIpc) is 3.24. The fourth-order valence-corrected chi connectivity index (χ4v) is 4.33. The highest BCUT2D eigenvalue weighted by molar-refractivity contribution is 7.09. The lowest BCUT2D eigenvalue weighted by Crippen LogP contribution is -2.31. The van der Waals surface area contributed by atoms with E-state index in [0.717, 1.165) is 16.1 Å². The van der Waals surface area contributed by atoms with Gasteiger partial charge in [0.2, 0.25) is 0 Å². The Balaban J connectivity index is 1.61. The lowest BCUT2D eigenvalue weighted by molar-refractivity contribution is 0.0980. The third-order valence-corrected chi connectivity index (χ3v) is 6.07. The van der Waals surface area contributed by atoms with Crippen LogP contribution in [-0.2, 0) is 13.0 Å². The van der Waals surface area contributed by atoms with Crippen LogP contribution in [0.5, 0.6) is 0 Å². The summed E-state index contributed by atoms with van der Waals surface area (Å²) in [5.74, 6) is 0.375. The number of nitrogens with zero attached hydrogens (tertiary/aromatic N) is 3. The van der Waals surface area contributed by atoms with E-state index in [1.54, 1.807) is 34.7 Å². The van der Waals surface area contributed by atoms with Gasteiger partial charge in [0.05, 0.1) is 11.6 Å². The molecule has 0 aliphatic heterocycles. The van der Waals surface area contributed by atoms with Gasteiger partial charge in [0, 0.05) is 28.0 Å². The second-order valence-electron chi connectivity index (χ2n) is 6.57. The molecular weight excluding hydrogens is 437 g/mol. The number of benzene rings is 2. The van der Waals surface area contributed by atoms with E-state index >= 15 is 0 Å². The number of hydrogen-bond acceptors (Lipinski definition) is 4. The maximum absolute atomic E-state index is 13.3. The summed E-state index contributed by atoms with van der Waals surface area (Å²) in [7, 11) is 0. The van der Waals surface area contributed by atoms with Crippen LogP contribution in [0.15, 0.2) is 78.3 Å². The van der Waals surface area contributed by atoms with Gasteiger partial charge < -0.3 is 0 Å². The van der Waals surface area contributed by atoms with Gasteiger partial charge in [-0.1, -0.05) is 65.7 Å². The zero-order valence-electron chi connectivity index (χ0n) is 15.8. The van der Waals surface area contributed by atoms with Crippen molar-refractivity contribution in [3.8, 4) is 0 Å². The van der Waals surface area contributed by atoms with E-state index in [9.17, 15) is 4.79 Å². The number of carbonyl (C=O) groups is 1. The Morgan fingerprint density at radius 3 is 2.37 bits per heavy atom. The maximum Gasteiger partial charge on any atom is 0.279 e. The van der Waals surface area contributed by atoms with Gasteiger partial charge in [-0.3, -0.25) is 9.69 Å². The zero-order chi connectivity index (χ0) is 20.9. The van der Waals surface area contributed by atoms with Gasteiger partial charge in [-0.2, -0.15) is 0 Å². The third kappa shape index (κ3) is 4.70. The summed E-state index contributed by atoms with van der Waals surface area (Å²) in [5.41, 5.74) is 2.19. The molecule has 7 heteroatoms. The van der Waals surface area contributed by atoms with Crippen LogP contribution in [0.3, 0.4) is 0 Å². The van der Waals surface area contributed by atoms with Crippen molar-refractivity contribution in [2.24, 2.45) is 0 Å². The first-order chi connectivity index (χ1) is 14.6. The van der Waals surface area contributed by atoms with E-state index in [4.69, 9.17) is 23.2 Å². The summed E-state index contributed by atoms with van der Waals surface area (Å²) < 4.78 is 0. The van der Waals surface area contributed by atoms with Gasteiger partial charge >= 0.3 is 0 Å². The molecule has 0 spiro atoms. The Hall–Kier alpha value is -2.73. The lowest BCUT2D eigenvalue weighted by atomic mass is 10.1. The third-order valence-electron chi connectivity index (χ3n) is 4.52. The van der Waals surface area contributed by atoms with Gasteiger partial charge in [0.25, 0.3) is 5.91 Å². The number of rotatable bonds is 6. The molecule has 0 N–H and O–H groups in total. The summed E-state index contributed by atoms with van der Waals surface area (Å²) in [4.78, 5) is 23.9. The van der Waals surface area contributed by atoms with Crippen LogP contribution in [0, 0.1) is 0 Å². The summed E-state index contributed by atoms with van der Waals surface area (Å²) in [6.07, 6.45) is 2.14. The lowest BCUT2D eigenvalue weighted by Gasteiger charge is -2.21. The molecule has 4 rings (SSSR count). The number of thiazole rings is 1. The number of pyridine rings is 1. The van der Waals surface area contributed by atoms with Crippen LogP contribution in [-0.4, -0.2) is 15.9 Å². The molecule has 0 aliphatic carbocycles. The Kier molecular flexibility index (Phi) is 6.43. The van der Waals surface area contributed by atoms with Crippen LogP contribution in [0.1, 0.15) is 26.6 Å². The molecule has 2 aromatic heterocycles. The van der Waals surface area contributed by atoms with E-state index in [-0.39, 0.29) is 5.91 Å². The van der Waals surface area contributed by atoms with Gasteiger partial charge in [-0.15, -0.1) is 11.3 Å². The molecule has 0 atom stereocenters. The van der Waals surface area contributed by atoms with Crippen molar-refractivity contribution in [3.05, 3.63) is 110 Å². The fourth-order valence-electron chi connectivity index (χ4n) is 3.02. The molecule has 4 aromatic rings. The SMILES string of the molecule is O=C(c1csc(Cc2c(Cl)cccc2Cl)n1)N(Cc1ccccc1)c1ccccn1. The van der Waals surface area contributed by atoms with Crippen molar-refractivity contribution in [1.29, 1.82) is 0 Å². The zero-order valence-corrected chi connectivity index (χ0v) is 18.2. The minimum atomic E-state index is -0.203. The normalized spacial score (nSPS) is 10.7. The van der Waals surface area contributed by atoms with Gasteiger partial charge in [0.1, 0.15) is 11.5 Å². The van der Waals surface area contributed by atoms with Gasteiger partial charge in [-0.25, -0.2) is 9.97 Å². The smallest absolute Gasteiger partial charge is 0.279 e. The summed E-state index contributed by atoms with van der Waals surface area (Å²) in [6, 6.07) is 20.7. The van der Waals surface area contributed by atoms with Crippen LogP contribution >= 0.6 is 34.5 Å². The number of hydrogen-bond donors (Lipinski definition) is 0. The van der Waals surface area contributed by atoms with Crippen LogP contribution in [0.25, 0.3) is 0 Å². The molecule has 0 aliphatic rings. The van der Waals surface area contributed by atoms with Crippen LogP contribution in [0.4, 0.5) is 5.82 Å². The Morgan fingerprint density at radius 2 is 1.67 bits per heavy atom. The summed E-state index contributed by atoms with van der Waals surface area (Å²) >= 11 is 14.0. The van der Waals surface area contributed by atoms with E-state index in [1.165, 1.54) is 11.3 Å². The van der Waals surface area contributed by atoms with Crippen molar-refractivity contribution >= 4 is 46.3 Å². The molecule has 0 bridgehead atoms. The molecule has 2 heterocycles. The minimum absolute atomic E-state index is 0.203. The predicted molar refractivity (Wildman–Crippen MR) is 123 cm³/mol. The molecule has 0 radical (unpaired) electrons. The van der Waals surface area contributed by atoms with Gasteiger partial charge in [0.15, 0.2) is 0 Å². The number of halogens is 2. The van der Waals surface area contributed by atoms with Gasteiger partial charge in [-0.05, 0) is 35.4 Å². The highest BCUT2D eigenvalue weighted by Gasteiger charge is 2.22. The number of aromatic nitrogens is 2. The molecule has 150 valence electrons. The largest absolute Gasteiger partial charge is 0.287 e. The first-order valence-electron chi connectivity index (χ1n) is 9.26. The minimum Gasteiger partial charge on any atom is -0.287 e. The van der Waals surface area contributed by atoms with Crippen molar-refractivity contribution in [2.75, 3.05) is 4.90 Å². The fraction of sp³-hybridized carbons (Fsp3) is 0.0870. The van der Waals surface area contributed by atoms with E-state index < -0.39 is 0 Å². The molecule has 0 saturated carbocycles. The molecular formula is C23H17Cl2N3OS. The molecule has 2 aromatic carbocycles. The highest BCUT2D eigenvalue weighted by Crippen LogP contribution is 2.28. The first-order valence-corrected chi connectivity index (χ1v) is 10.9. The van der Waals surface area contributed by atoms with E-state index in [0.29, 0.717) is 34.5 Å². The molecule has 0 unspecified atom stereocenters. The number of anilines is 1. The molecule has 30 heavy (non-hydrogen) atoms. The molecule has 1 amide bonds. The topological polar surface area (TPSA) is 46.1 Å². The predicted octanol–water partition coefficient (Wildman–Crippen LogP) is 6.28. The summed E-state index contributed by atoms with van der Waals surface area (Å²) in [5, 5.41) is 3.71. The van der Waals surface area contributed by atoms with Crippen LogP contribution in [0.2, 0.25) is 10.0 Å². The van der Waals surface area contributed by atoms with Crippen LogP contribution < -0.4 is 4.90 Å². The van der Waals surface area contributed by atoms with Crippen molar-refractivity contribution in [2.45, 2.75) is 13.0 Å². The highest BCUT2D eigenvalue weighted by atomic mass is 35.5. The van der Waals surface area contributed by atoms with E-state index in [1.807, 2.05) is 48.5 Å².